The monoisotopic (exact) mass is 340 g/mol. The number of thioether (sulfide) groups is 1. The van der Waals surface area contributed by atoms with E-state index in [0.29, 0.717) is 22.2 Å². The lowest BCUT2D eigenvalue weighted by Gasteiger charge is -2.12. The van der Waals surface area contributed by atoms with Gasteiger partial charge >= 0.3 is 5.97 Å². The summed E-state index contributed by atoms with van der Waals surface area (Å²) in [6, 6.07) is 15.0. The molecular formula is C16H14Cl2O2S. The normalized spacial score (nSPS) is 12.1. The minimum Gasteiger partial charge on any atom is -0.480 e. The van der Waals surface area contributed by atoms with E-state index in [-0.39, 0.29) is 0 Å². The first-order valence-corrected chi connectivity index (χ1v) is 8.19. The Morgan fingerprint density at radius 1 is 1.05 bits per heavy atom. The lowest BCUT2D eigenvalue weighted by atomic mass is 10.1. The lowest BCUT2D eigenvalue weighted by molar-refractivity contribution is -0.136. The smallest absolute Gasteiger partial charge is 0.316 e. The number of hydrogen-bond donors (Lipinski definition) is 1. The molecular weight excluding hydrogens is 327 g/mol. The first-order valence-electron chi connectivity index (χ1n) is 6.38. The fraction of sp³-hybridized carbons (Fsp3) is 0.188. The molecule has 0 spiro atoms. The minimum absolute atomic E-state index is 0.484. The zero-order chi connectivity index (χ0) is 15.2. The highest BCUT2D eigenvalue weighted by Crippen LogP contribution is 2.27. The summed E-state index contributed by atoms with van der Waals surface area (Å²) >= 11 is 13.2. The van der Waals surface area contributed by atoms with Crippen molar-refractivity contribution in [2.24, 2.45) is 0 Å². The Bertz CT molecular complexity index is 617. The summed E-state index contributed by atoms with van der Waals surface area (Å²) in [4.78, 5) is 11.4. The van der Waals surface area contributed by atoms with Gasteiger partial charge in [-0.25, -0.2) is 0 Å². The summed E-state index contributed by atoms with van der Waals surface area (Å²) in [5.41, 5.74) is 1.99. The lowest BCUT2D eigenvalue weighted by Crippen LogP contribution is -2.19. The van der Waals surface area contributed by atoms with Crippen molar-refractivity contribution in [2.45, 2.75) is 17.4 Å². The molecule has 1 atom stereocenters. The molecule has 0 fully saturated rings. The summed E-state index contributed by atoms with van der Waals surface area (Å²) in [6.07, 6.45) is 0.502. The Hall–Kier alpha value is -1.16. The molecule has 2 rings (SSSR count). The average molecular weight is 341 g/mol. The second kappa shape index (κ2) is 7.74. The Kier molecular flexibility index (Phi) is 5.97. The van der Waals surface area contributed by atoms with Gasteiger partial charge in [0.25, 0.3) is 0 Å². The molecule has 1 N–H and O–H groups in total. The summed E-state index contributed by atoms with van der Waals surface area (Å²) < 4.78 is 0. The van der Waals surface area contributed by atoms with Crippen molar-refractivity contribution in [1.29, 1.82) is 0 Å². The van der Waals surface area contributed by atoms with Crippen LogP contribution >= 0.6 is 35.0 Å². The van der Waals surface area contributed by atoms with Crippen LogP contribution in [0, 0.1) is 0 Å². The fourth-order valence-corrected chi connectivity index (χ4v) is 3.22. The number of aliphatic carboxylic acids is 1. The van der Waals surface area contributed by atoms with Gasteiger partial charge in [-0.15, -0.1) is 11.8 Å². The third kappa shape index (κ3) is 4.95. The fourth-order valence-electron chi connectivity index (χ4n) is 1.87. The van der Waals surface area contributed by atoms with E-state index in [9.17, 15) is 9.90 Å². The van der Waals surface area contributed by atoms with Crippen LogP contribution < -0.4 is 0 Å². The summed E-state index contributed by atoms with van der Waals surface area (Å²) in [5, 5.41) is 9.85. The van der Waals surface area contributed by atoms with Crippen molar-refractivity contribution < 1.29 is 9.90 Å². The highest BCUT2D eigenvalue weighted by molar-refractivity contribution is 7.99. The maximum Gasteiger partial charge on any atom is 0.316 e. The molecule has 0 aliphatic rings. The third-order valence-corrected chi connectivity index (χ3v) is 4.98. The van der Waals surface area contributed by atoms with Crippen molar-refractivity contribution in [3.05, 3.63) is 69.7 Å². The maximum absolute atomic E-state index is 11.4. The van der Waals surface area contributed by atoms with E-state index in [1.165, 1.54) is 11.8 Å². The first-order chi connectivity index (χ1) is 10.1. The van der Waals surface area contributed by atoms with Crippen LogP contribution in [0.3, 0.4) is 0 Å². The van der Waals surface area contributed by atoms with E-state index < -0.39 is 11.2 Å². The molecule has 0 aromatic heterocycles. The Balaban J connectivity index is 2.00. The van der Waals surface area contributed by atoms with Crippen LogP contribution in [0.1, 0.15) is 11.1 Å². The molecule has 21 heavy (non-hydrogen) atoms. The molecule has 2 aromatic rings. The number of hydrogen-bond acceptors (Lipinski definition) is 2. The van der Waals surface area contributed by atoms with Crippen LogP contribution in [0.25, 0.3) is 0 Å². The van der Waals surface area contributed by atoms with Crippen LogP contribution in [0.15, 0.2) is 48.5 Å². The minimum atomic E-state index is -0.802. The quantitative estimate of drug-likeness (QED) is 0.810. The van der Waals surface area contributed by atoms with Crippen molar-refractivity contribution in [2.75, 3.05) is 0 Å². The van der Waals surface area contributed by atoms with E-state index in [1.807, 2.05) is 36.4 Å². The van der Waals surface area contributed by atoms with Gasteiger partial charge in [0.2, 0.25) is 0 Å². The summed E-state index contributed by atoms with van der Waals surface area (Å²) in [5.74, 6) is -0.218. The molecule has 0 aliphatic carbocycles. The maximum atomic E-state index is 11.4. The van der Waals surface area contributed by atoms with Crippen molar-refractivity contribution in [3.8, 4) is 0 Å². The van der Waals surface area contributed by atoms with Crippen molar-refractivity contribution >= 4 is 40.9 Å². The Morgan fingerprint density at radius 3 is 2.38 bits per heavy atom. The molecule has 1 unspecified atom stereocenters. The van der Waals surface area contributed by atoms with Crippen molar-refractivity contribution in [1.82, 2.24) is 0 Å². The Labute approximate surface area is 138 Å². The van der Waals surface area contributed by atoms with Crippen LogP contribution in [0.4, 0.5) is 0 Å². The number of benzene rings is 2. The second-order valence-corrected chi connectivity index (χ2v) is 6.58. The molecule has 0 aliphatic heterocycles. The predicted octanol–water partition coefficient (Wildman–Crippen LogP) is 4.92. The summed E-state index contributed by atoms with van der Waals surface area (Å²) in [6.45, 7) is 0. The molecule has 0 bridgehead atoms. The number of halogens is 2. The zero-order valence-electron chi connectivity index (χ0n) is 11.1. The molecule has 2 aromatic carbocycles. The zero-order valence-corrected chi connectivity index (χ0v) is 13.5. The van der Waals surface area contributed by atoms with Gasteiger partial charge in [0.15, 0.2) is 0 Å². The predicted molar refractivity (Wildman–Crippen MR) is 89.3 cm³/mol. The molecule has 2 nitrogen and oxygen atoms in total. The van der Waals surface area contributed by atoms with E-state index in [0.717, 1.165) is 11.1 Å². The van der Waals surface area contributed by atoms with Gasteiger partial charge in [0.05, 0.1) is 10.0 Å². The number of carboxylic acid groups (broad SMARTS) is 1. The third-order valence-electron chi connectivity index (χ3n) is 2.97. The van der Waals surface area contributed by atoms with Gasteiger partial charge in [-0.2, -0.15) is 0 Å². The van der Waals surface area contributed by atoms with Crippen LogP contribution in [-0.4, -0.2) is 16.3 Å². The highest BCUT2D eigenvalue weighted by Gasteiger charge is 2.18. The number of carbonyl (C=O) groups is 1. The van der Waals surface area contributed by atoms with Crippen molar-refractivity contribution in [3.63, 3.8) is 0 Å². The number of rotatable bonds is 6. The van der Waals surface area contributed by atoms with E-state index >= 15 is 0 Å². The van der Waals surface area contributed by atoms with E-state index in [1.54, 1.807) is 12.1 Å². The average Bonchev–Trinajstić information content (AvgIpc) is 2.47. The van der Waals surface area contributed by atoms with Gasteiger partial charge in [-0.1, -0.05) is 59.6 Å². The first kappa shape index (κ1) is 16.2. The SMILES string of the molecule is O=C(O)C(Cc1ccccc1)SCc1ccc(Cl)c(Cl)c1. The molecule has 0 saturated carbocycles. The second-order valence-electron chi connectivity index (χ2n) is 4.58. The van der Waals surface area contributed by atoms with Crippen LogP contribution in [0.2, 0.25) is 10.0 Å². The summed E-state index contributed by atoms with van der Waals surface area (Å²) in [7, 11) is 0. The van der Waals surface area contributed by atoms with E-state index in [2.05, 4.69) is 0 Å². The molecule has 0 heterocycles. The molecule has 0 amide bonds. The topological polar surface area (TPSA) is 37.3 Å². The van der Waals surface area contributed by atoms with Crippen LogP contribution in [-0.2, 0) is 17.0 Å². The van der Waals surface area contributed by atoms with Gasteiger partial charge in [0.1, 0.15) is 5.25 Å². The van der Waals surface area contributed by atoms with Gasteiger partial charge in [0, 0.05) is 5.75 Å². The van der Waals surface area contributed by atoms with E-state index in [4.69, 9.17) is 23.2 Å². The molecule has 5 heteroatoms. The standard InChI is InChI=1S/C16H14Cl2O2S/c17-13-7-6-12(8-14(13)18)10-21-15(16(19)20)9-11-4-2-1-3-5-11/h1-8,15H,9-10H2,(H,19,20). The molecule has 110 valence electrons. The van der Waals surface area contributed by atoms with Gasteiger partial charge < -0.3 is 5.11 Å². The number of carboxylic acids is 1. The van der Waals surface area contributed by atoms with Gasteiger partial charge in [-0.05, 0) is 29.7 Å². The highest BCUT2D eigenvalue weighted by atomic mass is 35.5. The van der Waals surface area contributed by atoms with Crippen LogP contribution in [0.5, 0.6) is 0 Å². The molecule has 0 saturated heterocycles. The Morgan fingerprint density at radius 2 is 1.76 bits per heavy atom. The van der Waals surface area contributed by atoms with Gasteiger partial charge in [-0.3, -0.25) is 4.79 Å². The largest absolute Gasteiger partial charge is 0.480 e. The molecule has 0 radical (unpaired) electrons.